The van der Waals surface area contributed by atoms with Gasteiger partial charge in [-0.15, -0.1) is 0 Å². The van der Waals surface area contributed by atoms with Gasteiger partial charge in [-0.2, -0.15) is 0 Å². The molecule has 1 unspecified atom stereocenters. The molecule has 3 amide bonds. The van der Waals surface area contributed by atoms with Crippen LogP contribution in [0.2, 0.25) is 5.02 Å². The summed E-state index contributed by atoms with van der Waals surface area (Å²) in [6.07, 6.45) is 0.767. The lowest BCUT2D eigenvalue weighted by Gasteiger charge is -2.27. The number of amides is 3. The minimum absolute atomic E-state index is 0.145. The van der Waals surface area contributed by atoms with Gasteiger partial charge in [0.15, 0.2) is 0 Å². The third-order valence-corrected chi connectivity index (χ3v) is 5.72. The number of urea groups is 1. The molecule has 32 heavy (non-hydrogen) atoms. The molecule has 2 N–H and O–H groups in total. The fourth-order valence-corrected chi connectivity index (χ4v) is 3.80. The molecule has 1 aliphatic rings. The molecule has 0 aliphatic carbocycles. The van der Waals surface area contributed by atoms with Gasteiger partial charge in [-0.25, -0.2) is 4.79 Å². The topological polar surface area (TPSA) is 83.1 Å². The largest absolute Gasteiger partial charge is 0.497 e. The fraction of sp³-hybridized carbons (Fsp3) is 0.391. The van der Waals surface area contributed by atoms with E-state index in [9.17, 15) is 9.59 Å². The number of nitrogens with zero attached hydrogens (tertiary/aromatic N) is 2. The lowest BCUT2D eigenvalue weighted by molar-refractivity contribution is -0.120. The van der Waals surface area contributed by atoms with Crippen LogP contribution in [0.3, 0.4) is 0 Å². The summed E-state index contributed by atoms with van der Waals surface area (Å²) in [4.78, 5) is 29.4. The van der Waals surface area contributed by atoms with Gasteiger partial charge in [-0.1, -0.05) is 17.7 Å². The number of rotatable bonds is 6. The van der Waals surface area contributed by atoms with E-state index < -0.39 is 0 Å². The lowest BCUT2D eigenvalue weighted by atomic mass is 10.2. The third-order valence-electron chi connectivity index (χ3n) is 5.49. The van der Waals surface area contributed by atoms with Crippen molar-refractivity contribution >= 4 is 34.9 Å². The van der Waals surface area contributed by atoms with Crippen LogP contribution in [-0.4, -0.2) is 68.2 Å². The molecule has 1 saturated heterocycles. The highest BCUT2D eigenvalue weighted by atomic mass is 35.5. The summed E-state index contributed by atoms with van der Waals surface area (Å²) < 4.78 is 10.6. The second-order valence-electron chi connectivity index (χ2n) is 7.55. The molecule has 0 bridgehead atoms. The predicted octanol–water partition coefficient (Wildman–Crippen LogP) is 3.92. The summed E-state index contributed by atoms with van der Waals surface area (Å²) in [6.45, 7) is 4.30. The first kappa shape index (κ1) is 23.7. The Labute approximate surface area is 193 Å². The Bertz CT molecular complexity index is 955. The van der Waals surface area contributed by atoms with E-state index in [1.54, 1.807) is 61.6 Å². The minimum Gasteiger partial charge on any atom is -0.497 e. The van der Waals surface area contributed by atoms with Gasteiger partial charge in [0, 0.05) is 43.0 Å². The number of halogens is 1. The second-order valence-corrected chi connectivity index (χ2v) is 7.98. The van der Waals surface area contributed by atoms with Gasteiger partial charge < -0.3 is 25.0 Å². The van der Waals surface area contributed by atoms with Gasteiger partial charge in [0.2, 0.25) is 5.91 Å². The molecule has 1 atom stereocenters. The van der Waals surface area contributed by atoms with Crippen molar-refractivity contribution in [3.63, 3.8) is 0 Å². The van der Waals surface area contributed by atoms with E-state index in [4.69, 9.17) is 21.1 Å². The Morgan fingerprint density at radius 2 is 1.81 bits per heavy atom. The lowest BCUT2D eigenvalue weighted by Crippen LogP contribution is -2.44. The smallest absolute Gasteiger partial charge is 0.321 e. The maximum Gasteiger partial charge on any atom is 0.321 e. The first-order valence-electron chi connectivity index (χ1n) is 10.5. The number of methoxy groups -OCH3 is 2. The maximum absolute atomic E-state index is 12.9. The van der Waals surface area contributed by atoms with Crippen LogP contribution >= 0.6 is 11.6 Å². The highest BCUT2D eigenvalue weighted by molar-refractivity contribution is 6.30. The number of carbonyl (C=O) groups is 2. The zero-order chi connectivity index (χ0) is 23.1. The molecule has 0 saturated carbocycles. The van der Waals surface area contributed by atoms with E-state index >= 15 is 0 Å². The Morgan fingerprint density at radius 1 is 1.00 bits per heavy atom. The highest BCUT2D eigenvalue weighted by Crippen LogP contribution is 2.29. The Hall–Kier alpha value is -2.97. The van der Waals surface area contributed by atoms with E-state index in [-0.39, 0.29) is 18.0 Å². The summed E-state index contributed by atoms with van der Waals surface area (Å²) in [5.41, 5.74) is 1.21. The van der Waals surface area contributed by atoms with Crippen molar-refractivity contribution in [3.05, 3.63) is 47.5 Å². The number of nitrogens with one attached hydrogen (secondary N) is 2. The number of anilines is 2. The van der Waals surface area contributed by atoms with Crippen LogP contribution in [0.25, 0.3) is 0 Å². The molecular weight excluding hydrogens is 432 g/mol. The summed E-state index contributed by atoms with van der Waals surface area (Å²) in [7, 11) is 3.13. The Balaban J connectivity index is 1.58. The molecule has 0 radical (unpaired) electrons. The number of ether oxygens (including phenoxy) is 2. The van der Waals surface area contributed by atoms with Crippen molar-refractivity contribution in [2.45, 2.75) is 19.4 Å². The molecule has 172 valence electrons. The SMILES string of the molecule is COc1ccc(OC)c(NC(=O)C(C)N2CCCN(C(=O)Nc3cccc(Cl)c3)CC2)c1. The normalized spacial score (nSPS) is 15.4. The molecule has 1 heterocycles. The molecular formula is C23H29ClN4O4. The average Bonchev–Trinajstić information content (AvgIpc) is 3.05. The Kier molecular flexibility index (Phi) is 8.19. The van der Waals surface area contributed by atoms with Crippen LogP contribution in [0.5, 0.6) is 11.5 Å². The van der Waals surface area contributed by atoms with Crippen molar-refractivity contribution in [2.75, 3.05) is 51.0 Å². The van der Waals surface area contributed by atoms with Gasteiger partial charge in [0.25, 0.3) is 0 Å². The number of benzene rings is 2. The number of hydrogen-bond donors (Lipinski definition) is 2. The van der Waals surface area contributed by atoms with Gasteiger partial charge in [-0.3, -0.25) is 9.69 Å². The molecule has 2 aromatic rings. The first-order chi connectivity index (χ1) is 15.4. The highest BCUT2D eigenvalue weighted by Gasteiger charge is 2.26. The van der Waals surface area contributed by atoms with Crippen LogP contribution in [0, 0.1) is 0 Å². The predicted molar refractivity (Wildman–Crippen MR) is 126 cm³/mol. The Morgan fingerprint density at radius 3 is 2.53 bits per heavy atom. The maximum atomic E-state index is 12.9. The van der Waals surface area contributed by atoms with E-state index in [1.165, 1.54) is 0 Å². The molecule has 1 fully saturated rings. The van der Waals surface area contributed by atoms with Gasteiger partial charge in [-0.05, 0) is 43.7 Å². The zero-order valence-corrected chi connectivity index (χ0v) is 19.3. The van der Waals surface area contributed by atoms with Crippen LogP contribution in [0.1, 0.15) is 13.3 Å². The second kappa shape index (κ2) is 11.1. The van der Waals surface area contributed by atoms with Crippen LogP contribution in [0.4, 0.5) is 16.2 Å². The summed E-state index contributed by atoms with van der Waals surface area (Å²) in [5, 5.41) is 6.38. The summed E-state index contributed by atoms with van der Waals surface area (Å²) in [6, 6.07) is 11.8. The van der Waals surface area contributed by atoms with Gasteiger partial charge in [0.05, 0.1) is 25.9 Å². The third kappa shape index (κ3) is 6.05. The summed E-state index contributed by atoms with van der Waals surface area (Å²) >= 11 is 5.99. The van der Waals surface area contributed by atoms with Crippen molar-refractivity contribution in [2.24, 2.45) is 0 Å². The standard InChI is InChI=1S/C23H29ClN4O4/c1-16(22(29)26-20-15-19(31-2)8-9-21(20)32-3)27-10-5-11-28(13-12-27)23(30)25-18-7-4-6-17(24)14-18/h4,6-9,14-16H,5,10-13H2,1-3H3,(H,25,30)(H,26,29). The van der Waals surface area contributed by atoms with Crippen molar-refractivity contribution < 1.29 is 19.1 Å². The summed E-state index contributed by atoms with van der Waals surface area (Å²) in [5.74, 6) is 1.05. The quantitative estimate of drug-likeness (QED) is 0.682. The zero-order valence-electron chi connectivity index (χ0n) is 18.6. The van der Waals surface area contributed by atoms with Crippen molar-refractivity contribution in [1.29, 1.82) is 0 Å². The monoisotopic (exact) mass is 460 g/mol. The molecule has 2 aromatic carbocycles. The van der Waals surface area contributed by atoms with E-state index in [1.807, 2.05) is 6.92 Å². The number of hydrogen-bond acceptors (Lipinski definition) is 5. The molecule has 8 nitrogen and oxygen atoms in total. The molecule has 9 heteroatoms. The van der Waals surface area contributed by atoms with E-state index in [0.29, 0.717) is 54.1 Å². The first-order valence-corrected chi connectivity index (χ1v) is 10.9. The average molecular weight is 461 g/mol. The van der Waals surface area contributed by atoms with Gasteiger partial charge in [0.1, 0.15) is 11.5 Å². The molecule has 0 spiro atoms. The number of carbonyl (C=O) groups excluding carboxylic acids is 2. The minimum atomic E-state index is -0.373. The van der Waals surface area contributed by atoms with Gasteiger partial charge >= 0.3 is 6.03 Å². The molecule has 1 aliphatic heterocycles. The fourth-order valence-electron chi connectivity index (χ4n) is 3.61. The van der Waals surface area contributed by atoms with E-state index in [0.717, 1.165) is 6.42 Å². The van der Waals surface area contributed by atoms with Crippen LogP contribution in [-0.2, 0) is 4.79 Å². The van der Waals surface area contributed by atoms with Crippen LogP contribution < -0.4 is 20.1 Å². The molecule has 3 rings (SSSR count). The molecule has 0 aromatic heterocycles. The van der Waals surface area contributed by atoms with E-state index in [2.05, 4.69) is 15.5 Å². The van der Waals surface area contributed by atoms with Crippen molar-refractivity contribution in [3.8, 4) is 11.5 Å². The van der Waals surface area contributed by atoms with Crippen LogP contribution in [0.15, 0.2) is 42.5 Å². The van der Waals surface area contributed by atoms with Crippen molar-refractivity contribution in [1.82, 2.24) is 9.80 Å².